The van der Waals surface area contributed by atoms with Gasteiger partial charge in [-0.2, -0.15) is 5.10 Å². The van der Waals surface area contributed by atoms with E-state index in [0.29, 0.717) is 0 Å². The molecule has 1 aromatic heterocycles. The molecule has 0 bridgehead atoms. The van der Waals surface area contributed by atoms with Gasteiger partial charge in [-0.05, 0) is 18.5 Å². The van der Waals surface area contributed by atoms with Crippen molar-refractivity contribution >= 4 is 0 Å². The first kappa shape index (κ1) is 14.8. The molecule has 1 N–H and O–H groups in total. The van der Waals surface area contributed by atoms with Gasteiger partial charge in [0.15, 0.2) is 0 Å². The van der Waals surface area contributed by atoms with E-state index in [-0.39, 0.29) is 5.92 Å². The fourth-order valence-corrected chi connectivity index (χ4v) is 2.50. The van der Waals surface area contributed by atoms with Crippen LogP contribution in [-0.4, -0.2) is 33.4 Å². The standard InChI is InChI=1S/C16H23N3O/c1-13(16(20)15-7-5-4-6-8-15)10-18(2)11-14-9-17-19(3)12-14/h4-9,12-13,16,20H,10-11H2,1-3H3. The van der Waals surface area contributed by atoms with Gasteiger partial charge in [-0.25, -0.2) is 0 Å². The molecule has 0 amide bonds. The molecule has 1 aromatic carbocycles. The van der Waals surface area contributed by atoms with Crippen LogP contribution >= 0.6 is 0 Å². The van der Waals surface area contributed by atoms with Gasteiger partial charge in [-0.1, -0.05) is 37.3 Å². The minimum Gasteiger partial charge on any atom is -0.388 e. The van der Waals surface area contributed by atoms with Crippen LogP contribution in [0.2, 0.25) is 0 Å². The van der Waals surface area contributed by atoms with Crippen LogP contribution in [0.3, 0.4) is 0 Å². The molecule has 2 unspecified atom stereocenters. The largest absolute Gasteiger partial charge is 0.388 e. The predicted octanol–water partition coefficient (Wildman–Crippen LogP) is 2.22. The Morgan fingerprint density at radius 1 is 1.30 bits per heavy atom. The highest BCUT2D eigenvalue weighted by molar-refractivity contribution is 5.17. The van der Waals surface area contributed by atoms with E-state index in [2.05, 4.69) is 24.0 Å². The topological polar surface area (TPSA) is 41.3 Å². The fourth-order valence-electron chi connectivity index (χ4n) is 2.50. The van der Waals surface area contributed by atoms with E-state index in [9.17, 15) is 5.11 Å². The molecule has 0 fully saturated rings. The Kier molecular flexibility index (Phi) is 4.93. The van der Waals surface area contributed by atoms with Gasteiger partial charge in [0, 0.05) is 31.9 Å². The number of benzene rings is 1. The van der Waals surface area contributed by atoms with E-state index < -0.39 is 6.10 Å². The summed E-state index contributed by atoms with van der Waals surface area (Å²) in [5, 5.41) is 14.5. The van der Waals surface area contributed by atoms with Crippen molar-refractivity contribution in [1.82, 2.24) is 14.7 Å². The minimum atomic E-state index is -0.424. The Bertz CT molecular complexity index is 524. The summed E-state index contributed by atoms with van der Waals surface area (Å²) in [5.74, 6) is 0.180. The SMILES string of the molecule is CC(CN(C)Cc1cnn(C)c1)C(O)c1ccccc1. The molecular formula is C16H23N3O. The molecule has 4 nitrogen and oxygen atoms in total. The summed E-state index contributed by atoms with van der Waals surface area (Å²) in [6.07, 6.45) is 3.48. The van der Waals surface area contributed by atoms with E-state index in [1.165, 1.54) is 5.56 Å². The first-order valence-corrected chi connectivity index (χ1v) is 6.95. The Morgan fingerprint density at radius 2 is 2.00 bits per heavy atom. The summed E-state index contributed by atoms with van der Waals surface area (Å²) < 4.78 is 1.81. The number of aromatic nitrogens is 2. The van der Waals surface area contributed by atoms with E-state index >= 15 is 0 Å². The molecule has 0 saturated heterocycles. The summed E-state index contributed by atoms with van der Waals surface area (Å²) in [6.45, 7) is 3.77. The zero-order valence-electron chi connectivity index (χ0n) is 12.4. The number of rotatable bonds is 6. The number of nitrogens with zero attached hydrogens (tertiary/aromatic N) is 3. The lowest BCUT2D eigenvalue weighted by atomic mass is 9.97. The number of hydrogen-bond donors (Lipinski definition) is 1. The molecule has 20 heavy (non-hydrogen) atoms. The van der Waals surface area contributed by atoms with Crippen molar-refractivity contribution in [1.29, 1.82) is 0 Å². The number of aliphatic hydroxyl groups excluding tert-OH is 1. The highest BCUT2D eigenvalue weighted by Gasteiger charge is 2.18. The maximum atomic E-state index is 10.4. The van der Waals surface area contributed by atoms with Crippen molar-refractivity contribution in [3.8, 4) is 0 Å². The maximum absolute atomic E-state index is 10.4. The minimum absolute atomic E-state index is 0.180. The van der Waals surface area contributed by atoms with Crippen molar-refractivity contribution < 1.29 is 5.11 Å². The van der Waals surface area contributed by atoms with Crippen LogP contribution in [0, 0.1) is 5.92 Å². The molecule has 0 aliphatic carbocycles. The first-order chi connectivity index (χ1) is 9.56. The van der Waals surface area contributed by atoms with E-state index in [1.807, 2.05) is 54.5 Å². The maximum Gasteiger partial charge on any atom is 0.0827 e. The van der Waals surface area contributed by atoms with Crippen LogP contribution in [0.5, 0.6) is 0 Å². The average Bonchev–Trinajstić information content (AvgIpc) is 2.84. The summed E-state index contributed by atoms with van der Waals surface area (Å²) in [4.78, 5) is 2.22. The molecule has 0 aliphatic rings. The summed E-state index contributed by atoms with van der Waals surface area (Å²) in [7, 11) is 3.99. The second-order valence-electron chi connectivity index (χ2n) is 5.55. The second-order valence-corrected chi connectivity index (χ2v) is 5.55. The van der Waals surface area contributed by atoms with E-state index in [0.717, 1.165) is 18.7 Å². The van der Waals surface area contributed by atoms with Crippen molar-refractivity contribution in [3.05, 3.63) is 53.9 Å². The van der Waals surface area contributed by atoms with E-state index in [4.69, 9.17) is 0 Å². The smallest absolute Gasteiger partial charge is 0.0827 e. The quantitative estimate of drug-likeness (QED) is 0.877. The Labute approximate surface area is 120 Å². The number of hydrogen-bond acceptors (Lipinski definition) is 3. The van der Waals surface area contributed by atoms with Crippen LogP contribution in [0.1, 0.15) is 24.2 Å². The van der Waals surface area contributed by atoms with Crippen LogP contribution in [0.15, 0.2) is 42.7 Å². The van der Waals surface area contributed by atoms with Crippen LogP contribution < -0.4 is 0 Å². The van der Waals surface area contributed by atoms with Gasteiger partial charge in [0.1, 0.15) is 0 Å². The number of aliphatic hydroxyl groups is 1. The van der Waals surface area contributed by atoms with Gasteiger partial charge in [-0.15, -0.1) is 0 Å². The van der Waals surface area contributed by atoms with Gasteiger partial charge in [0.2, 0.25) is 0 Å². The molecule has 0 saturated carbocycles. The third-order valence-electron chi connectivity index (χ3n) is 3.49. The van der Waals surface area contributed by atoms with E-state index in [1.54, 1.807) is 0 Å². The Hall–Kier alpha value is -1.65. The molecule has 2 aromatic rings. The lowest BCUT2D eigenvalue weighted by Gasteiger charge is -2.25. The Balaban J connectivity index is 1.88. The fraction of sp³-hybridized carbons (Fsp3) is 0.438. The highest BCUT2D eigenvalue weighted by Crippen LogP contribution is 2.22. The molecule has 2 rings (SSSR count). The third-order valence-corrected chi connectivity index (χ3v) is 3.49. The van der Waals surface area contributed by atoms with Gasteiger partial charge in [0.05, 0.1) is 12.3 Å². The molecular weight excluding hydrogens is 250 g/mol. The summed E-state index contributed by atoms with van der Waals surface area (Å²) >= 11 is 0. The molecule has 0 radical (unpaired) electrons. The van der Waals surface area contributed by atoms with Crippen molar-refractivity contribution in [3.63, 3.8) is 0 Å². The lowest BCUT2D eigenvalue weighted by molar-refractivity contribution is 0.0933. The molecule has 0 spiro atoms. The normalized spacial score (nSPS) is 14.4. The molecule has 2 atom stereocenters. The average molecular weight is 273 g/mol. The third kappa shape index (κ3) is 3.92. The van der Waals surface area contributed by atoms with Crippen LogP contribution in [0.4, 0.5) is 0 Å². The van der Waals surface area contributed by atoms with Crippen molar-refractivity contribution in [2.75, 3.05) is 13.6 Å². The summed E-state index contributed by atoms with van der Waals surface area (Å²) in [6, 6.07) is 9.84. The van der Waals surface area contributed by atoms with Crippen LogP contribution in [0.25, 0.3) is 0 Å². The van der Waals surface area contributed by atoms with Crippen molar-refractivity contribution in [2.24, 2.45) is 13.0 Å². The molecule has 108 valence electrons. The van der Waals surface area contributed by atoms with Crippen LogP contribution in [-0.2, 0) is 13.6 Å². The van der Waals surface area contributed by atoms with Gasteiger partial charge >= 0.3 is 0 Å². The molecule has 0 aliphatic heterocycles. The number of aryl methyl sites for hydroxylation is 1. The molecule has 1 heterocycles. The van der Waals surface area contributed by atoms with Gasteiger partial charge in [-0.3, -0.25) is 4.68 Å². The first-order valence-electron chi connectivity index (χ1n) is 6.95. The zero-order valence-corrected chi connectivity index (χ0v) is 12.4. The predicted molar refractivity (Wildman–Crippen MR) is 80.1 cm³/mol. The monoisotopic (exact) mass is 273 g/mol. The summed E-state index contributed by atoms with van der Waals surface area (Å²) in [5.41, 5.74) is 2.17. The van der Waals surface area contributed by atoms with Gasteiger partial charge < -0.3 is 10.0 Å². The van der Waals surface area contributed by atoms with Gasteiger partial charge in [0.25, 0.3) is 0 Å². The van der Waals surface area contributed by atoms with Crippen molar-refractivity contribution in [2.45, 2.75) is 19.6 Å². The zero-order chi connectivity index (χ0) is 14.5. The second kappa shape index (κ2) is 6.68. The lowest BCUT2D eigenvalue weighted by Crippen LogP contribution is -2.27. The molecule has 4 heteroatoms. The Morgan fingerprint density at radius 3 is 2.60 bits per heavy atom. The highest BCUT2D eigenvalue weighted by atomic mass is 16.3.